The van der Waals surface area contributed by atoms with Gasteiger partial charge in [-0.1, -0.05) is 30.3 Å². The number of piperidine rings is 1. The Labute approximate surface area is 189 Å². The monoisotopic (exact) mass is 433 g/mol. The molecule has 1 atom stereocenters. The molecule has 3 aliphatic heterocycles. The zero-order chi connectivity index (χ0) is 21.9. The van der Waals surface area contributed by atoms with Gasteiger partial charge in [0.05, 0.1) is 12.3 Å². The van der Waals surface area contributed by atoms with Crippen molar-refractivity contribution in [1.29, 1.82) is 0 Å². The molecule has 0 saturated carbocycles. The molecule has 0 spiro atoms. The minimum atomic E-state index is -0.0693. The summed E-state index contributed by atoms with van der Waals surface area (Å²) < 4.78 is 2.38. The van der Waals surface area contributed by atoms with Gasteiger partial charge >= 0.3 is 0 Å². The summed E-state index contributed by atoms with van der Waals surface area (Å²) >= 11 is 0. The van der Waals surface area contributed by atoms with Crippen LogP contribution in [0.4, 0.5) is 0 Å². The van der Waals surface area contributed by atoms with Crippen LogP contribution in [0.3, 0.4) is 0 Å². The standard InChI is InChI=1S/C25H31N5O2/c31-23(11-12-24(32)30-16-13-22(27-30)19-7-2-1-3-8-19)28-14-6-9-20(18-28)25-26-17-21-10-4-5-15-29(21)25/h1-3,7-8,17,20H,4-6,9-16,18H2/t20-/m0/s1. The van der Waals surface area contributed by atoms with E-state index in [9.17, 15) is 9.59 Å². The molecule has 1 fully saturated rings. The molecular weight excluding hydrogens is 402 g/mol. The van der Waals surface area contributed by atoms with Crippen LogP contribution in [0.2, 0.25) is 0 Å². The van der Waals surface area contributed by atoms with Crippen molar-refractivity contribution in [2.45, 2.75) is 63.8 Å². The van der Waals surface area contributed by atoms with Crippen LogP contribution in [-0.4, -0.2) is 56.6 Å². The van der Waals surface area contributed by atoms with Crippen molar-refractivity contribution in [2.75, 3.05) is 19.6 Å². The molecule has 7 nitrogen and oxygen atoms in total. The molecule has 0 aliphatic carbocycles. The van der Waals surface area contributed by atoms with Gasteiger partial charge in [-0.3, -0.25) is 9.59 Å². The van der Waals surface area contributed by atoms with Crippen LogP contribution in [0.1, 0.15) is 67.9 Å². The van der Waals surface area contributed by atoms with E-state index in [1.807, 2.05) is 41.4 Å². The highest BCUT2D eigenvalue weighted by Crippen LogP contribution is 2.29. The van der Waals surface area contributed by atoms with Gasteiger partial charge in [-0.25, -0.2) is 9.99 Å². The molecule has 0 bridgehead atoms. The van der Waals surface area contributed by atoms with Gasteiger partial charge in [0.25, 0.3) is 0 Å². The highest BCUT2D eigenvalue weighted by molar-refractivity contribution is 6.02. The van der Waals surface area contributed by atoms with Crippen LogP contribution < -0.4 is 0 Å². The average Bonchev–Trinajstić information content (AvgIpc) is 3.51. The van der Waals surface area contributed by atoms with Gasteiger partial charge in [-0.15, -0.1) is 0 Å². The third-order valence-corrected chi connectivity index (χ3v) is 6.92. The number of carbonyl (C=O) groups is 2. The Kier molecular flexibility index (Phi) is 6.06. The van der Waals surface area contributed by atoms with E-state index in [1.165, 1.54) is 23.5 Å². The maximum Gasteiger partial charge on any atom is 0.243 e. The summed E-state index contributed by atoms with van der Waals surface area (Å²) in [6.45, 7) is 3.12. The van der Waals surface area contributed by atoms with Crippen molar-refractivity contribution in [2.24, 2.45) is 5.10 Å². The first-order chi connectivity index (χ1) is 15.7. The van der Waals surface area contributed by atoms with E-state index in [0.29, 0.717) is 19.0 Å². The fraction of sp³-hybridized carbons (Fsp3) is 0.520. The summed E-state index contributed by atoms with van der Waals surface area (Å²) in [6.07, 6.45) is 8.85. The molecule has 1 aromatic carbocycles. The molecular formula is C25H31N5O2. The van der Waals surface area contributed by atoms with E-state index in [1.54, 1.807) is 0 Å². The first kappa shape index (κ1) is 20.9. The first-order valence-electron chi connectivity index (χ1n) is 11.9. The Balaban J connectivity index is 1.15. The van der Waals surface area contributed by atoms with E-state index in [0.717, 1.165) is 55.9 Å². The van der Waals surface area contributed by atoms with Gasteiger partial charge in [0, 0.05) is 56.7 Å². The average molecular weight is 434 g/mol. The number of fused-ring (bicyclic) bond motifs is 1. The van der Waals surface area contributed by atoms with Crippen molar-refractivity contribution in [3.8, 4) is 0 Å². The van der Waals surface area contributed by atoms with E-state index in [4.69, 9.17) is 4.98 Å². The Morgan fingerprint density at radius 1 is 0.938 bits per heavy atom. The Morgan fingerprint density at radius 3 is 2.66 bits per heavy atom. The molecule has 0 unspecified atom stereocenters. The Morgan fingerprint density at radius 2 is 1.78 bits per heavy atom. The number of aromatic nitrogens is 2. The maximum atomic E-state index is 12.9. The zero-order valence-corrected chi connectivity index (χ0v) is 18.6. The van der Waals surface area contributed by atoms with Crippen LogP contribution in [0.5, 0.6) is 0 Å². The lowest BCUT2D eigenvalue weighted by atomic mass is 9.96. The number of hydrogen-bond donors (Lipinski definition) is 0. The molecule has 7 heteroatoms. The summed E-state index contributed by atoms with van der Waals surface area (Å²) in [5.41, 5.74) is 3.33. The van der Waals surface area contributed by atoms with Gasteiger partial charge in [-0.2, -0.15) is 5.10 Å². The van der Waals surface area contributed by atoms with E-state index < -0.39 is 0 Å². The van der Waals surface area contributed by atoms with Gasteiger partial charge in [0.1, 0.15) is 5.82 Å². The number of benzene rings is 1. The van der Waals surface area contributed by atoms with Gasteiger partial charge in [-0.05, 0) is 37.7 Å². The lowest BCUT2D eigenvalue weighted by molar-refractivity contribution is -0.137. The highest BCUT2D eigenvalue weighted by Gasteiger charge is 2.29. The van der Waals surface area contributed by atoms with Gasteiger partial charge in [0.15, 0.2) is 0 Å². The Hall–Kier alpha value is -2.96. The number of hydrogen-bond acceptors (Lipinski definition) is 4. The van der Waals surface area contributed by atoms with E-state index in [2.05, 4.69) is 9.67 Å². The minimum Gasteiger partial charge on any atom is -0.342 e. The second-order valence-electron chi connectivity index (χ2n) is 9.07. The molecule has 1 saturated heterocycles. The fourth-order valence-electron chi connectivity index (χ4n) is 5.17. The molecule has 2 amide bonds. The second-order valence-corrected chi connectivity index (χ2v) is 9.07. The summed E-state index contributed by atoms with van der Waals surface area (Å²) in [5.74, 6) is 1.44. The normalized spacial score (nSPS) is 20.8. The van der Waals surface area contributed by atoms with Crippen LogP contribution in [-0.2, 0) is 22.6 Å². The number of amides is 2. The number of likely N-dealkylation sites (tertiary alicyclic amines) is 1. The van der Waals surface area contributed by atoms with Crippen LogP contribution in [0.25, 0.3) is 0 Å². The van der Waals surface area contributed by atoms with E-state index >= 15 is 0 Å². The fourth-order valence-corrected chi connectivity index (χ4v) is 5.17. The Bertz CT molecular complexity index is 1010. The summed E-state index contributed by atoms with van der Waals surface area (Å²) in [5, 5.41) is 6.03. The summed E-state index contributed by atoms with van der Waals surface area (Å²) in [7, 11) is 0. The largest absolute Gasteiger partial charge is 0.342 e. The molecule has 168 valence electrons. The molecule has 3 aliphatic rings. The first-order valence-corrected chi connectivity index (χ1v) is 11.9. The summed E-state index contributed by atoms with van der Waals surface area (Å²) in [4.78, 5) is 32.2. The number of hydrazone groups is 1. The number of rotatable bonds is 5. The number of nitrogens with zero attached hydrogens (tertiary/aromatic N) is 5. The smallest absolute Gasteiger partial charge is 0.243 e. The lowest BCUT2D eigenvalue weighted by Crippen LogP contribution is -2.40. The third kappa shape index (κ3) is 4.33. The van der Waals surface area contributed by atoms with Crippen molar-refractivity contribution < 1.29 is 9.59 Å². The zero-order valence-electron chi connectivity index (χ0n) is 18.6. The molecule has 1 aromatic heterocycles. The second kappa shape index (κ2) is 9.27. The van der Waals surface area contributed by atoms with E-state index in [-0.39, 0.29) is 24.7 Å². The van der Waals surface area contributed by atoms with Gasteiger partial charge in [0.2, 0.25) is 11.8 Å². The molecule has 2 aromatic rings. The summed E-state index contributed by atoms with van der Waals surface area (Å²) in [6, 6.07) is 9.96. The van der Waals surface area contributed by atoms with Crippen LogP contribution in [0.15, 0.2) is 41.6 Å². The molecule has 0 radical (unpaired) electrons. The molecule has 0 N–H and O–H groups in total. The maximum absolute atomic E-state index is 12.9. The molecule has 32 heavy (non-hydrogen) atoms. The van der Waals surface area contributed by atoms with Crippen molar-refractivity contribution in [3.63, 3.8) is 0 Å². The number of aryl methyl sites for hydroxylation is 1. The lowest BCUT2D eigenvalue weighted by Gasteiger charge is -2.33. The van der Waals surface area contributed by atoms with Crippen molar-refractivity contribution in [3.05, 3.63) is 53.6 Å². The molecule has 5 rings (SSSR count). The molecule has 4 heterocycles. The topological polar surface area (TPSA) is 70.8 Å². The third-order valence-electron chi connectivity index (χ3n) is 6.92. The highest BCUT2D eigenvalue weighted by atomic mass is 16.2. The van der Waals surface area contributed by atoms with Crippen molar-refractivity contribution in [1.82, 2.24) is 19.5 Å². The predicted octanol–water partition coefficient (Wildman–Crippen LogP) is 3.34. The number of carbonyl (C=O) groups excluding carboxylic acids is 2. The predicted molar refractivity (Wildman–Crippen MR) is 122 cm³/mol. The number of imidazole rings is 1. The SMILES string of the molecule is O=C(CCC(=O)N1CCC(c2ccccc2)=N1)N1CCC[C@H](c2ncc3n2CCCC3)C1. The van der Waals surface area contributed by atoms with Crippen LogP contribution in [0, 0.1) is 0 Å². The van der Waals surface area contributed by atoms with Crippen molar-refractivity contribution >= 4 is 17.5 Å². The quantitative estimate of drug-likeness (QED) is 0.726. The minimum absolute atomic E-state index is 0.0693. The van der Waals surface area contributed by atoms with Crippen LogP contribution >= 0.6 is 0 Å². The van der Waals surface area contributed by atoms with Gasteiger partial charge < -0.3 is 9.47 Å².